The Hall–Kier alpha value is -3.11. The molecule has 3 rings (SSSR count). The smallest absolute Gasteiger partial charge is 0.326 e. The number of benzene rings is 2. The molecule has 1 aliphatic heterocycles. The van der Waals surface area contributed by atoms with Crippen molar-refractivity contribution in [1.29, 1.82) is 0 Å². The zero-order valence-electron chi connectivity index (χ0n) is 18.8. The highest BCUT2D eigenvalue weighted by Crippen LogP contribution is 2.27. The number of rotatable bonds is 10. The van der Waals surface area contributed by atoms with E-state index in [1.165, 1.54) is 11.8 Å². The van der Waals surface area contributed by atoms with Gasteiger partial charge in [-0.05, 0) is 66.4 Å². The van der Waals surface area contributed by atoms with Crippen molar-refractivity contribution in [2.75, 3.05) is 23.9 Å². The van der Waals surface area contributed by atoms with Gasteiger partial charge in [-0.25, -0.2) is 4.79 Å². The predicted molar refractivity (Wildman–Crippen MR) is 139 cm³/mol. The van der Waals surface area contributed by atoms with E-state index in [4.69, 9.17) is 12.2 Å². The summed E-state index contributed by atoms with van der Waals surface area (Å²) in [6, 6.07) is 13.7. The summed E-state index contributed by atoms with van der Waals surface area (Å²) in [4.78, 5) is 36.0. The molecule has 1 saturated heterocycles. The molecular formula is C24H28N4O4S2. The van der Waals surface area contributed by atoms with Crippen LogP contribution in [0.2, 0.25) is 0 Å². The van der Waals surface area contributed by atoms with Crippen molar-refractivity contribution in [3.63, 3.8) is 0 Å². The number of carboxylic acid groups (broad SMARTS) is 1. The van der Waals surface area contributed by atoms with E-state index < -0.39 is 17.9 Å². The Morgan fingerprint density at radius 3 is 2.65 bits per heavy atom. The zero-order chi connectivity index (χ0) is 24.5. The Morgan fingerprint density at radius 2 is 2.00 bits per heavy atom. The number of thioether (sulfide) groups is 1. The van der Waals surface area contributed by atoms with Crippen LogP contribution in [0.1, 0.15) is 29.6 Å². The number of anilines is 1. The van der Waals surface area contributed by atoms with E-state index in [9.17, 15) is 19.5 Å². The molecule has 0 aliphatic carbocycles. The van der Waals surface area contributed by atoms with Crippen molar-refractivity contribution in [2.24, 2.45) is 0 Å². The predicted octanol–water partition coefficient (Wildman–Crippen LogP) is 2.85. The van der Waals surface area contributed by atoms with E-state index >= 15 is 0 Å². The third-order valence-electron chi connectivity index (χ3n) is 5.41. The average molecular weight is 501 g/mol. The van der Waals surface area contributed by atoms with Crippen LogP contribution in [0.3, 0.4) is 0 Å². The van der Waals surface area contributed by atoms with E-state index in [1.54, 1.807) is 12.1 Å². The molecule has 2 amide bonds. The first-order chi connectivity index (χ1) is 16.4. The summed E-state index contributed by atoms with van der Waals surface area (Å²) in [5, 5.41) is 21.7. The first-order valence-corrected chi connectivity index (χ1v) is 12.7. The van der Waals surface area contributed by atoms with E-state index in [0.717, 1.165) is 12.0 Å². The van der Waals surface area contributed by atoms with Crippen LogP contribution >= 0.6 is 24.0 Å². The fraction of sp³-hybridized carbons (Fsp3) is 0.333. The number of carbonyl (C=O) groups is 3. The van der Waals surface area contributed by atoms with Gasteiger partial charge in [-0.2, -0.15) is 11.8 Å². The topological polar surface area (TPSA) is 120 Å². The Morgan fingerprint density at radius 1 is 1.24 bits per heavy atom. The number of nitrogens with one attached hydrogen (secondary N) is 4. The summed E-state index contributed by atoms with van der Waals surface area (Å²) in [5.41, 5.74) is 2.53. The molecule has 0 spiro atoms. The van der Waals surface area contributed by atoms with Crippen LogP contribution in [0.15, 0.2) is 48.5 Å². The van der Waals surface area contributed by atoms with E-state index in [1.807, 2.05) is 42.7 Å². The molecule has 0 bridgehead atoms. The van der Waals surface area contributed by atoms with Gasteiger partial charge in [-0.3, -0.25) is 9.59 Å². The lowest BCUT2D eigenvalue weighted by atomic mass is 9.98. The lowest BCUT2D eigenvalue weighted by Crippen LogP contribution is -2.41. The van der Waals surface area contributed by atoms with Gasteiger partial charge in [0.25, 0.3) is 5.91 Å². The lowest BCUT2D eigenvalue weighted by Gasteiger charge is -2.18. The minimum Gasteiger partial charge on any atom is -0.480 e. The van der Waals surface area contributed by atoms with Crippen molar-refractivity contribution < 1.29 is 19.5 Å². The second-order valence-electron chi connectivity index (χ2n) is 7.91. The Labute approximate surface area is 208 Å². The maximum atomic E-state index is 13.1. The average Bonchev–Trinajstić information content (AvgIpc) is 3.25. The number of amides is 2. The molecule has 0 aromatic heterocycles. The van der Waals surface area contributed by atoms with Gasteiger partial charge < -0.3 is 26.4 Å². The van der Waals surface area contributed by atoms with Gasteiger partial charge in [0.2, 0.25) is 5.91 Å². The van der Waals surface area contributed by atoms with Crippen molar-refractivity contribution in [2.45, 2.75) is 31.3 Å². The Bertz CT molecular complexity index is 1050. The summed E-state index contributed by atoms with van der Waals surface area (Å²) in [6.45, 7) is 0.524. The van der Waals surface area contributed by atoms with Crippen LogP contribution in [0, 0.1) is 0 Å². The molecule has 0 radical (unpaired) electrons. The quantitative estimate of drug-likeness (QED) is 0.316. The molecule has 34 heavy (non-hydrogen) atoms. The molecule has 1 unspecified atom stereocenters. The first kappa shape index (κ1) is 25.5. The van der Waals surface area contributed by atoms with Gasteiger partial charge in [-0.15, -0.1) is 0 Å². The van der Waals surface area contributed by atoms with Gasteiger partial charge in [0.15, 0.2) is 5.11 Å². The highest BCUT2D eigenvalue weighted by atomic mass is 32.2. The highest BCUT2D eigenvalue weighted by molar-refractivity contribution is 7.98. The number of carboxylic acids is 1. The number of hydrogen-bond acceptors (Lipinski definition) is 5. The van der Waals surface area contributed by atoms with Gasteiger partial charge in [0, 0.05) is 30.3 Å². The molecule has 5 N–H and O–H groups in total. The van der Waals surface area contributed by atoms with Crippen LogP contribution < -0.4 is 21.3 Å². The highest BCUT2D eigenvalue weighted by Gasteiger charge is 2.23. The number of carbonyl (C=O) groups excluding carboxylic acids is 2. The second-order valence-corrected chi connectivity index (χ2v) is 9.30. The van der Waals surface area contributed by atoms with Gasteiger partial charge in [0.1, 0.15) is 6.04 Å². The molecule has 1 aliphatic rings. The van der Waals surface area contributed by atoms with Crippen molar-refractivity contribution in [3.05, 3.63) is 54.1 Å². The zero-order valence-corrected chi connectivity index (χ0v) is 20.4. The second kappa shape index (κ2) is 12.4. The van der Waals surface area contributed by atoms with Crippen LogP contribution in [0.4, 0.5) is 5.69 Å². The molecule has 1 fully saturated rings. The largest absolute Gasteiger partial charge is 0.480 e. The summed E-state index contributed by atoms with van der Waals surface area (Å²) in [5.74, 6) is -0.834. The lowest BCUT2D eigenvalue weighted by molar-refractivity contribution is -0.139. The van der Waals surface area contributed by atoms with Gasteiger partial charge >= 0.3 is 5.97 Å². The first-order valence-electron chi connectivity index (χ1n) is 10.9. The van der Waals surface area contributed by atoms with E-state index in [-0.39, 0.29) is 11.9 Å². The minimum absolute atomic E-state index is 0.0469. The molecule has 1 heterocycles. The Balaban J connectivity index is 1.76. The van der Waals surface area contributed by atoms with Crippen molar-refractivity contribution in [3.8, 4) is 11.1 Å². The molecule has 180 valence electrons. The van der Waals surface area contributed by atoms with E-state index in [2.05, 4.69) is 21.3 Å². The Kier molecular flexibility index (Phi) is 9.29. The van der Waals surface area contributed by atoms with Gasteiger partial charge in [0.05, 0.1) is 0 Å². The van der Waals surface area contributed by atoms with Crippen LogP contribution in [0.25, 0.3) is 11.1 Å². The van der Waals surface area contributed by atoms with Crippen LogP contribution in [0.5, 0.6) is 0 Å². The number of aliphatic carboxylic acids is 1. The van der Waals surface area contributed by atoms with Crippen LogP contribution in [-0.2, 0) is 9.59 Å². The fourth-order valence-electron chi connectivity index (χ4n) is 3.63. The standard InChI is InChI=1S/C24H28N4O4S2/c1-34-12-11-20(23(31)32)28-22(30)18-9-7-16(13-19(18)15-5-3-2-4-6-15)27-24(33)25-14-17-8-10-21(29)26-17/h2-7,9,13,17,20H,8,10-12,14H2,1H3,(H,26,29)(H,28,30)(H,31,32)(H2,25,27,33)/t17?,20-/m0/s1. The molecule has 2 aromatic rings. The summed E-state index contributed by atoms with van der Waals surface area (Å²) in [6.07, 6.45) is 3.52. The normalized spacial score (nSPS) is 15.8. The van der Waals surface area contributed by atoms with E-state index in [0.29, 0.717) is 47.1 Å². The third-order valence-corrected chi connectivity index (χ3v) is 6.31. The number of hydrogen-bond donors (Lipinski definition) is 5. The molecule has 0 saturated carbocycles. The molecular weight excluding hydrogens is 472 g/mol. The molecule has 2 atom stereocenters. The minimum atomic E-state index is -1.06. The summed E-state index contributed by atoms with van der Waals surface area (Å²) < 4.78 is 0. The maximum absolute atomic E-state index is 13.1. The SMILES string of the molecule is CSCC[C@H](NC(=O)c1ccc(NC(=S)NCC2CCC(=O)N2)cc1-c1ccccc1)C(=O)O. The van der Waals surface area contributed by atoms with Crippen molar-refractivity contribution in [1.82, 2.24) is 16.0 Å². The fourth-order valence-corrected chi connectivity index (χ4v) is 4.30. The van der Waals surface area contributed by atoms with Gasteiger partial charge in [-0.1, -0.05) is 30.3 Å². The van der Waals surface area contributed by atoms with Crippen molar-refractivity contribution >= 4 is 52.6 Å². The summed E-state index contributed by atoms with van der Waals surface area (Å²) in [7, 11) is 0. The molecule has 10 heteroatoms. The number of thiocarbonyl (C=S) groups is 1. The molecule has 2 aromatic carbocycles. The maximum Gasteiger partial charge on any atom is 0.326 e. The third kappa shape index (κ3) is 7.19. The molecule has 8 nitrogen and oxygen atoms in total. The monoisotopic (exact) mass is 500 g/mol. The summed E-state index contributed by atoms with van der Waals surface area (Å²) >= 11 is 6.92. The van der Waals surface area contributed by atoms with Crippen LogP contribution in [-0.4, -0.2) is 58.6 Å².